The van der Waals surface area contributed by atoms with Gasteiger partial charge in [-0.05, 0) is 47.2 Å². The molecule has 0 aliphatic carbocycles. The van der Waals surface area contributed by atoms with Gasteiger partial charge in [-0.25, -0.2) is 4.79 Å². The lowest BCUT2D eigenvalue weighted by molar-refractivity contribution is 0.0696. The Morgan fingerprint density at radius 2 is 2.25 bits per heavy atom. The highest BCUT2D eigenvalue weighted by Crippen LogP contribution is 2.16. The summed E-state index contributed by atoms with van der Waals surface area (Å²) in [5.74, 6) is -0.910. The lowest BCUT2D eigenvalue weighted by atomic mass is 10.1. The first kappa shape index (κ1) is 13.2. The van der Waals surface area contributed by atoms with Gasteiger partial charge < -0.3 is 9.84 Å². The summed E-state index contributed by atoms with van der Waals surface area (Å²) in [5.41, 5.74) is 2.26. The second kappa shape index (κ2) is 6.00. The Morgan fingerprint density at radius 3 is 2.75 bits per heavy atom. The molecule has 0 radical (unpaired) electrons. The fourth-order valence-electron chi connectivity index (χ4n) is 1.13. The molecule has 0 amide bonds. The molecule has 0 fully saturated rings. The van der Waals surface area contributed by atoms with Crippen LogP contribution in [0.2, 0.25) is 0 Å². The van der Waals surface area contributed by atoms with E-state index in [1.807, 2.05) is 6.92 Å². The number of benzene rings is 1. The summed E-state index contributed by atoms with van der Waals surface area (Å²) in [6.07, 6.45) is 0. The molecule has 16 heavy (non-hydrogen) atoms. The van der Waals surface area contributed by atoms with Crippen LogP contribution in [0.4, 0.5) is 0 Å². The van der Waals surface area contributed by atoms with Crippen LogP contribution in [-0.2, 0) is 11.3 Å². The Labute approximate surface area is 108 Å². The van der Waals surface area contributed by atoms with Crippen LogP contribution in [0.3, 0.4) is 0 Å². The van der Waals surface area contributed by atoms with Crippen molar-refractivity contribution in [1.82, 2.24) is 0 Å². The maximum absolute atomic E-state index is 10.7. The summed E-state index contributed by atoms with van der Waals surface area (Å²) in [7, 11) is 0. The van der Waals surface area contributed by atoms with Crippen molar-refractivity contribution in [3.05, 3.63) is 45.0 Å². The van der Waals surface area contributed by atoms with Crippen LogP contribution in [0.5, 0.6) is 0 Å². The van der Waals surface area contributed by atoms with Gasteiger partial charge in [-0.2, -0.15) is 0 Å². The highest BCUT2D eigenvalue weighted by molar-refractivity contribution is 14.1. The molecule has 3 nitrogen and oxygen atoms in total. The number of hydrogen-bond donors (Lipinski definition) is 1. The zero-order chi connectivity index (χ0) is 12.1. The van der Waals surface area contributed by atoms with Gasteiger partial charge >= 0.3 is 5.97 Å². The van der Waals surface area contributed by atoms with Crippen LogP contribution in [0.1, 0.15) is 22.8 Å². The highest BCUT2D eigenvalue weighted by atomic mass is 127. The summed E-state index contributed by atoms with van der Waals surface area (Å²) >= 11 is 2.11. The number of hydrogen-bond acceptors (Lipinski definition) is 2. The van der Waals surface area contributed by atoms with Crippen molar-refractivity contribution in [3.8, 4) is 0 Å². The molecule has 0 atom stereocenters. The summed E-state index contributed by atoms with van der Waals surface area (Å²) in [6.45, 7) is 6.64. The summed E-state index contributed by atoms with van der Waals surface area (Å²) in [6, 6.07) is 5.01. The van der Waals surface area contributed by atoms with E-state index in [0.29, 0.717) is 18.8 Å². The molecule has 1 N–H and O–H groups in total. The third-order valence-corrected chi connectivity index (χ3v) is 2.91. The quantitative estimate of drug-likeness (QED) is 0.666. The van der Waals surface area contributed by atoms with Crippen molar-refractivity contribution in [2.24, 2.45) is 0 Å². The standard InChI is InChI=1S/C12H13IO3/c1-8(2)6-16-7-10-4-3-9(12(14)15)5-11(10)13/h3-5H,1,6-7H2,2H3,(H,14,15). The topological polar surface area (TPSA) is 46.5 Å². The van der Waals surface area contributed by atoms with E-state index in [2.05, 4.69) is 29.2 Å². The Hall–Kier alpha value is -0.880. The van der Waals surface area contributed by atoms with E-state index in [4.69, 9.17) is 9.84 Å². The zero-order valence-corrected chi connectivity index (χ0v) is 11.2. The molecule has 86 valence electrons. The van der Waals surface area contributed by atoms with E-state index in [1.54, 1.807) is 18.2 Å². The van der Waals surface area contributed by atoms with Crippen molar-refractivity contribution in [3.63, 3.8) is 0 Å². The maximum atomic E-state index is 10.7. The van der Waals surface area contributed by atoms with Crippen LogP contribution >= 0.6 is 22.6 Å². The fourth-order valence-corrected chi connectivity index (χ4v) is 1.80. The minimum atomic E-state index is -0.910. The van der Waals surface area contributed by atoms with Gasteiger partial charge in [-0.3, -0.25) is 0 Å². The number of carbonyl (C=O) groups is 1. The smallest absolute Gasteiger partial charge is 0.335 e. The van der Waals surface area contributed by atoms with Gasteiger partial charge in [0.2, 0.25) is 0 Å². The van der Waals surface area contributed by atoms with E-state index >= 15 is 0 Å². The van der Waals surface area contributed by atoms with E-state index in [0.717, 1.165) is 14.7 Å². The molecule has 0 saturated carbocycles. The summed E-state index contributed by atoms with van der Waals surface area (Å²) in [5, 5.41) is 8.80. The van der Waals surface area contributed by atoms with Gasteiger partial charge in [0.15, 0.2) is 0 Å². The van der Waals surface area contributed by atoms with Gasteiger partial charge in [0.1, 0.15) is 0 Å². The van der Waals surface area contributed by atoms with Crippen LogP contribution in [0, 0.1) is 3.57 Å². The van der Waals surface area contributed by atoms with Crippen LogP contribution in [0.25, 0.3) is 0 Å². The average Bonchev–Trinajstić information content (AvgIpc) is 2.19. The van der Waals surface area contributed by atoms with Gasteiger partial charge in [0.25, 0.3) is 0 Å². The lowest BCUT2D eigenvalue weighted by Gasteiger charge is -2.07. The lowest BCUT2D eigenvalue weighted by Crippen LogP contribution is -2.01. The van der Waals surface area contributed by atoms with Crippen LogP contribution in [-0.4, -0.2) is 17.7 Å². The van der Waals surface area contributed by atoms with Gasteiger partial charge in [0.05, 0.1) is 18.8 Å². The largest absolute Gasteiger partial charge is 0.478 e. The van der Waals surface area contributed by atoms with Crippen LogP contribution in [0.15, 0.2) is 30.4 Å². The predicted molar refractivity (Wildman–Crippen MR) is 70.6 cm³/mol. The van der Waals surface area contributed by atoms with Gasteiger partial charge in [-0.15, -0.1) is 0 Å². The van der Waals surface area contributed by atoms with Gasteiger partial charge in [-0.1, -0.05) is 18.2 Å². The zero-order valence-electron chi connectivity index (χ0n) is 9.00. The third kappa shape index (κ3) is 3.94. The molecule has 0 aromatic heterocycles. The third-order valence-electron chi connectivity index (χ3n) is 1.91. The molecule has 0 heterocycles. The normalized spacial score (nSPS) is 10.1. The number of carboxylic acids is 1. The molecule has 0 unspecified atom stereocenters. The monoisotopic (exact) mass is 332 g/mol. The van der Waals surface area contributed by atoms with Crippen molar-refractivity contribution in [1.29, 1.82) is 0 Å². The maximum Gasteiger partial charge on any atom is 0.335 e. The van der Waals surface area contributed by atoms with E-state index < -0.39 is 5.97 Å². The number of aromatic carboxylic acids is 1. The molecule has 1 aromatic rings. The highest BCUT2D eigenvalue weighted by Gasteiger charge is 2.06. The van der Waals surface area contributed by atoms with Crippen molar-refractivity contribution >= 4 is 28.6 Å². The molecule has 1 aromatic carbocycles. The van der Waals surface area contributed by atoms with E-state index in [1.165, 1.54) is 0 Å². The average molecular weight is 332 g/mol. The first-order chi connectivity index (χ1) is 7.50. The summed E-state index contributed by atoms with van der Waals surface area (Å²) in [4.78, 5) is 10.7. The Bertz CT molecular complexity index is 413. The minimum absolute atomic E-state index is 0.299. The molecule has 0 aliphatic rings. The molecular weight excluding hydrogens is 319 g/mol. The SMILES string of the molecule is C=C(C)COCc1ccc(C(=O)O)cc1I. The molecular formula is C12H13IO3. The Morgan fingerprint density at radius 1 is 1.56 bits per heavy atom. The first-order valence-electron chi connectivity index (χ1n) is 4.74. The second-order valence-corrected chi connectivity index (χ2v) is 4.72. The van der Waals surface area contributed by atoms with E-state index in [9.17, 15) is 4.79 Å². The number of carboxylic acid groups (broad SMARTS) is 1. The Balaban J connectivity index is 2.68. The predicted octanol–water partition coefficient (Wildman–Crippen LogP) is 3.08. The molecule has 0 saturated heterocycles. The number of halogens is 1. The fraction of sp³-hybridized carbons (Fsp3) is 0.250. The number of ether oxygens (including phenoxy) is 1. The second-order valence-electron chi connectivity index (χ2n) is 3.56. The molecule has 1 rings (SSSR count). The minimum Gasteiger partial charge on any atom is -0.478 e. The summed E-state index contributed by atoms with van der Waals surface area (Å²) < 4.78 is 6.31. The van der Waals surface area contributed by atoms with Crippen molar-refractivity contribution in [2.45, 2.75) is 13.5 Å². The first-order valence-corrected chi connectivity index (χ1v) is 5.82. The van der Waals surface area contributed by atoms with E-state index in [-0.39, 0.29) is 0 Å². The molecule has 0 aliphatic heterocycles. The molecule has 0 bridgehead atoms. The van der Waals surface area contributed by atoms with Crippen molar-refractivity contribution < 1.29 is 14.6 Å². The molecule has 4 heteroatoms. The van der Waals surface area contributed by atoms with Crippen molar-refractivity contribution in [2.75, 3.05) is 6.61 Å². The Kier molecular flexibility index (Phi) is 4.95. The number of rotatable bonds is 5. The molecule has 0 spiro atoms. The van der Waals surface area contributed by atoms with Gasteiger partial charge in [0, 0.05) is 3.57 Å². The van der Waals surface area contributed by atoms with Crippen LogP contribution < -0.4 is 0 Å².